The number of nitrogen functional groups attached to an aromatic ring is 1. The second kappa shape index (κ2) is 5.54. The minimum Gasteiger partial charge on any atom is -0.368 e. The zero-order chi connectivity index (χ0) is 14.9. The molecule has 0 saturated heterocycles. The van der Waals surface area contributed by atoms with E-state index in [9.17, 15) is 0 Å². The summed E-state index contributed by atoms with van der Waals surface area (Å²) < 4.78 is 0. The fourth-order valence-electron chi connectivity index (χ4n) is 1.71. The van der Waals surface area contributed by atoms with E-state index in [1.165, 1.54) is 0 Å². The molecule has 20 heavy (non-hydrogen) atoms. The maximum atomic E-state index is 6.16. The van der Waals surface area contributed by atoms with Crippen molar-refractivity contribution < 1.29 is 0 Å². The van der Waals surface area contributed by atoms with Crippen LogP contribution < -0.4 is 5.73 Å². The van der Waals surface area contributed by atoms with Crippen molar-refractivity contribution in [3.63, 3.8) is 0 Å². The van der Waals surface area contributed by atoms with Crippen LogP contribution in [-0.4, -0.2) is 15.0 Å². The molecule has 0 fully saturated rings. The van der Waals surface area contributed by atoms with E-state index in [1.807, 2.05) is 20.8 Å². The van der Waals surface area contributed by atoms with Crippen molar-refractivity contribution in [3.8, 4) is 0 Å². The van der Waals surface area contributed by atoms with E-state index in [-0.39, 0.29) is 11.4 Å². The average molecular weight is 311 g/mol. The number of halogens is 2. The topological polar surface area (TPSA) is 64.7 Å². The summed E-state index contributed by atoms with van der Waals surface area (Å²) in [4.78, 5) is 12.8. The lowest BCUT2D eigenvalue weighted by Crippen LogP contribution is -2.19. The zero-order valence-corrected chi connectivity index (χ0v) is 13.1. The lowest BCUT2D eigenvalue weighted by molar-refractivity contribution is 0.538. The van der Waals surface area contributed by atoms with Crippen molar-refractivity contribution in [2.75, 3.05) is 5.73 Å². The molecular weight excluding hydrogens is 295 g/mol. The van der Waals surface area contributed by atoms with Gasteiger partial charge in [-0.2, -0.15) is 9.97 Å². The summed E-state index contributed by atoms with van der Waals surface area (Å²) in [6.07, 6.45) is 0.425. The van der Waals surface area contributed by atoms with E-state index in [0.29, 0.717) is 28.1 Å². The van der Waals surface area contributed by atoms with Crippen LogP contribution in [0.1, 0.15) is 38.0 Å². The van der Waals surface area contributed by atoms with Crippen LogP contribution in [0.15, 0.2) is 18.2 Å². The van der Waals surface area contributed by atoms with Crippen LogP contribution in [0.3, 0.4) is 0 Å². The van der Waals surface area contributed by atoms with E-state index in [4.69, 9.17) is 28.9 Å². The molecule has 6 heteroatoms. The third-order valence-corrected chi connectivity index (χ3v) is 3.47. The standard InChI is InChI=1S/C14H16Cl2N4/c1-14(2,3)12-18-11(19-13(17)20-12)7-8-9(15)5-4-6-10(8)16/h4-6H,7H2,1-3H3,(H2,17,18,19,20). The van der Waals surface area contributed by atoms with Gasteiger partial charge in [0.2, 0.25) is 5.95 Å². The Morgan fingerprint density at radius 2 is 1.65 bits per heavy atom. The Morgan fingerprint density at radius 1 is 1.05 bits per heavy atom. The van der Waals surface area contributed by atoms with Crippen molar-refractivity contribution in [3.05, 3.63) is 45.5 Å². The van der Waals surface area contributed by atoms with Crippen molar-refractivity contribution in [2.45, 2.75) is 32.6 Å². The Morgan fingerprint density at radius 3 is 2.20 bits per heavy atom. The van der Waals surface area contributed by atoms with Gasteiger partial charge in [0, 0.05) is 21.9 Å². The van der Waals surface area contributed by atoms with E-state index >= 15 is 0 Å². The minimum absolute atomic E-state index is 0.198. The number of anilines is 1. The van der Waals surface area contributed by atoms with E-state index in [2.05, 4.69) is 15.0 Å². The quantitative estimate of drug-likeness (QED) is 0.919. The van der Waals surface area contributed by atoms with Crippen LogP contribution >= 0.6 is 23.2 Å². The molecule has 2 aromatic rings. The zero-order valence-electron chi connectivity index (χ0n) is 11.6. The summed E-state index contributed by atoms with van der Waals surface area (Å²) in [7, 11) is 0. The SMILES string of the molecule is CC(C)(C)c1nc(N)nc(Cc2c(Cl)cccc2Cl)n1. The predicted octanol–water partition coefficient (Wildman–Crippen LogP) is 3.65. The van der Waals surface area contributed by atoms with Crippen molar-refractivity contribution >= 4 is 29.2 Å². The van der Waals surface area contributed by atoms with Gasteiger partial charge in [-0.3, -0.25) is 0 Å². The van der Waals surface area contributed by atoms with Crippen LogP contribution in [-0.2, 0) is 11.8 Å². The molecule has 1 aromatic heterocycles. The molecule has 0 bridgehead atoms. The van der Waals surface area contributed by atoms with Gasteiger partial charge in [-0.15, -0.1) is 0 Å². The summed E-state index contributed by atoms with van der Waals surface area (Å²) >= 11 is 12.3. The monoisotopic (exact) mass is 310 g/mol. The van der Waals surface area contributed by atoms with Gasteiger partial charge in [-0.05, 0) is 17.7 Å². The first kappa shape index (κ1) is 15.0. The van der Waals surface area contributed by atoms with Gasteiger partial charge in [-0.25, -0.2) is 4.98 Å². The normalized spacial score (nSPS) is 11.7. The molecule has 0 atom stereocenters. The molecule has 0 aliphatic heterocycles. The predicted molar refractivity (Wildman–Crippen MR) is 82.2 cm³/mol. The summed E-state index contributed by atoms with van der Waals surface area (Å²) in [5.74, 6) is 1.43. The Bertz CT molecular complexity index is 615. The van der Waals surface area contributed by atoms with Gasteiger partial charge in [0.15, 0.2) is 0 Å². The molecule has 4 nitrogen and oxygen atoms in total. The maximum absolute atomic E-state index is 6.16. The molecule has 0 unspecified atom stereocenters. The highest BCUT2D eigenvalue weighted by atomic mass is 35.5. The van der Waals surface area contributed by atoms with Crippen LogP contribution in [0.5, 0.6) is 0 Å². The third kappa shape index (κ3) is 3.38. The second-order valence-electron chi connectivity index (χ2n) is 5.56. The Hall–Kier alpha value is -1.39. The van der Waals surface area contributed by atoms with Crippen molar-refractivity contribution in [1.29, 1.82) is 0 Å². The average Bonchev–Trinajstić information content (AvgIpc) is 2.32. The van der Waals surface area contributed by atoms with Gasteiger partial charge >= 0.3 is 0 Å². The molecule has 0 spiro atoms. The molecule has 0 aliphatic carbocycles. The molecule has 0 amide bonds. The molecule has 1 aromatic carbocycles. The molecular formula is C14H16Cl2N4. The summed E-state index contributed by atoms with van der Waals surface area (Å²) in [6.45, 7) is 6.07. The largest absolute Gasteiger partial charge is 0.368 e. The molecule has 0 radical (unpaired) electrons. The Balaban J connectivity index is 2.42. The van der Waals surface area contributed by atoms with Gasteiger partial charge in [0.25, 0.3) is 0 Å². The van der Waals surface area contributed by atoms with Crippen molar-refractivity contribution in [2.24, 2.45) is 0 Å². The number of benzene rings is 1. The fraction of sp³-hybridized carbons (Fsp3) is 0.357. The number of hydrogen-bond acceptors (Lipinski definition) is 4. The summed E-state index contributed by atoms with van der Waals surface area (Å²) in [6, 6.07) is 5.38. The van der Waals surface area contributed by atoms with Gasteiger partial charge < -0.3 is 5.73 Å². The molecule has 1 heterocycles. The molecule has 0 aliphatic rings. The van der Waals surface area contributed by atoms with E-state index < -0.39 is 0 Å². The highest BCUT2D eigenvalue weighted by molar-refractivity contribution is 6.36. The fourth-order valence-corrected chi connectivity index (χ4v) is 2.24. The number of nitrogens with two attached hydrogens (primary N) is 1. The molecule has 106 valence electrons. The number of hydrogen-bond donors (Lipinski definition) is 1. The Labute approximate surface area is 128 Å². The highest BCUT2D eigenvalue weighted by Gasteiger charge is 2.20. The van der Waals surface area contributed by atoms with Crippen LogP contribution in [0.4, 0.5) is 5.95 Å². The van der Waals surface area contributed by atoms with E-state index in [1.54, 1.807) is 18.2 Å². The van der Waals surface area contributed by atoms with Crippen LogP contribution in [0.2, 0.25) is 10.0 Å². The van der Waals surface area contributed by atoms with Crippen LogP contribution in [0.25, 0.3) is 0 Å². The van der Waals surface area contributed by atoms with Gasteiger partial charge in [0.05, 0.1) is 0 Å². The van der Waals surface area contributed by atoms with Gasteiger partial charge in [0.1, 0.15) is 11.6 Å². The summed E-state index contributed by atoms with van der Waals surface area (Å²) in [5.41, 5.74) is 6.35. The number of aromatic nitrogens is 3. The van der Waals surface area contributed by atoms with E-state index in [0.717, 1.165) is 5.56 Å². The first-order valence-electron chi connectivity index (χ1n) is 6.21. The minimum atomic E-state index is -0.198. The second-order valence-corrected chi connectivity index (χ2v) is 6.37. The van der Waals surface area contributed by atoms with Crippen LogP contribution in [0, 0.1) is 0 Å². The first-order valence-corrected chi connectivity index (χ1v) is 6.97. The lowest BCUT2D eigenvalue weighted by atomic mass is 9.96. The first-order chi connectivity index (χ1) is 9.27. The Kier molecular flexibility index (Phi) is 4.16. The van der Waals surface area contributed by atoms with Gasteiger partial charge in [-0.1, -0.05) is 50.0 Å². The lowest BCUT2D eigenvalue weighted by Gasteiger charge is -2.17. The number of nitrogens with zero attached hydrogens (tertiary/aromatic N) is 3. The molecule has 0 saturated carbocycles. The number of rotatable bonds is 2. The molecule has 2 rings (SSSR count). The summed E-state index contributed by atoms with van der Waals surface area (Å²) in [5, 5.41) is 1.18. The smallest absolute Gasteiger partial charge is 0.223 e. The molecule has 2 N–H and O–H groups in total. The van der Waals surface area contributed by atoms with Crippen molar-refractivity contribution in [1.82, 2.24) is 15.0 Å². The third-order valence-electron chi connectivity index (χ3n) is 2.77. The highest BCUT2D eigenvalue weighted by Crippen LogP contribution is 2.26. The maximum Gasteiger partial charge on any atom is 0.223 e.